The van der Waals surface area contributed by atoms with Gasteiger partial charge < -0.3 is 20.3 Å². The lowest BCUT2D eigenvalue weighted by Gasteiger charge is -2.24. The molecule has 0 rings (SSSR count). The third-order valence-electron chi connectivity index (χ3n) is 11.3. The molecule has 0 fully saturated rings. The minimum absolute atomic E-state index is 0.0361. The molecule has 0 spiro atoms. The lowest BCUT2D eigenvalue weighted by molar-refractivity contribution is -0.150. The van der Waals surface area contributed by atoms with Crippen LogP contribution in [0.5, 0.6) is 0 Å². The first kappa shape index (κ1) is 62.3. The first-order valence-corrected chi connectivity index (χ1v) is 26.8. The predicted molar refractivity (Wildman–Crippen MR) is 286 cm³/mol. The second-order valence-electron chi connectivity index (χ2n) is 17.5. The first-order valence-electron chi connectivity index (χ1n) is 26.8. The molecule has 0 saturated carbocycles. The molecule has 374 valence electrons. The number of nitrogens with one attached hydrogen (secondary N) is 1. The van der Waals surface area contributed by atoms with Crippen LogP contribution in [-0.4, -0.2) is 46.9 Å². The third kappa shape index (κ3) is 46.8. The summed E-state index contributed by atoms with van der Waals surface area (Å²) in [7, 11) is 0. The molecule has 66 heavy (non-hydrogen) atoms. The number of rotatable bonds is 46. The van der Waals surface area contributed by atoms with Crippen LogP contribution in [0.1, 0.15) is 220 Å². The van der Waals surface area contributed by atoms with E-state index in [9.17, 15) is 19.8 Å². The van der Waals surface area contributed by atoms with Gasteiger partial charge in [-0.05, 0) is 83.5 Å². The van der Waals surface area contributed by atoms with Crippen molar-refractivity contribution in [3.05, 3.63) is 122 Å². The molecule has 0 aromatic carbocycles. The SMILES string of the molecule is CC/C=C\C/C=C\C/C=C\C/C=C\C/C=C\C/C=C\CCC(=O)OC(C/C=C\C/C=C\C/C=C\C/C=C\CCCCC)CC(=O)NC(CO)C(O)CCCCCCCCCCCCCCC. The molecule has 0 aliphatic carbocycles. The first-order chi connectivity index (χ1) is 32.5. The van der Waals surface area contributed by atoms with Gasteiger partial charge in [-0.15, -0.1) is 0 Å². The number of aliphatic hydroxyl groups is 2. The summed E-state index contributed by atoms with van der Waals surface area (Å²) in [4.78, 5) is 26.1. The number of aliphatic hydroxyl groups excluding tert-OH is 2. The molecule has 3 N–H and O–H groups in total. The van der Waals surface area contributed by atoms with Crippen LogP contribution in [-0.2, 0) is 14.3 Å². The van der Waals surface area contributed by atoms with Crippen LogP contribution in [0.2, 0.25) is 0 Å². The highest BCUT2D eigenvalue weighted by Gasteiger charge is 2.23. The summed E-state index contributed by atoms with van der Waals surface area (Å²) >= 11 is 0. The molecule has 0 saturated heterocycles. The van der Waals surface area contributed by atoms with Gasteiger partial charge in [-0.25, -0.2) is 0 Å². The van der Waals surface area contributed by atoms with Gasteiger partial charge in [-0.1, -0.05) is 239 Å². The molecule has 3 atom stereocenters. The zero-order valence-electron chi connectivity index (χ0n) is 42.5. The zero-order chi connectivity index (χ0) is 48.1. The highest BCUT2D eigenvalue weighted by molar-refractivity contribution is 5.77. The molecule has 0 aliphatic heterocycles. The number of hydrogen-bond acceptors (Lipinski definition) is 5. The van der Waals surface area contributed by atoms with E-state index >= 15 is 0 Å². The molecule has 0 aromatic rings. The lowest BCUT2D eigenvalue weighted by Crippen LogP contribution is -2.46. The Morgan fingerprint density at radius 1 is 0.470 bits per heavy atom. The smallest absolute Gasteiger partial charge is 0.306 e. The van der Waals surface area contributed by atoms with Crippen molar-refractivity contribution in [2.24, 2.45) is 0 Å². The van der Waals surface area contributed by atoms with E-state index < -0.39 is 18.2 Å². The molecule has 0 aliphatic rings. The summed E-state index contributed by atoms with van der Waals surface area (Å²) in [6.45, 7) is 6.29. The number of unbranched alkanes of at least 4 members (excludes halogenated alkanes) is 15. The Hall–Kier alpha value is -3.74. The number of allylic oxidation sites excluding steroid dienone is 19. The van der Waals surface area contributed by atoms with Gasteiger partial charge in [0.05, 0.1) is 25.2 Å². The number of carbonyl (C=O) groups is 2. The molecule has 0 radical (unpaired) electrons. The topological polar surface area (TPSA) is 95.9 Å². The van der Waals surface area contributed by atoms with Crippen LogP contribution in [0.3, 0.4) is 0 Å². The Kier molecular flexibility index (Phi) is 49.3. The molecular formula is C60H99NO5. The average molecular weight is 914 g/mol. The van der Waals surface area contributed by atoms with Crippen LogP contribution in [0.25, 0.3) is 0 Å². The maximum atomic E-state index is 13.2. The van der Waals surface area contributed by atoms with E-state index in [2.05, 4.69) is 129 Å². The standard InChI is InChI=1S/C60H99NO5/c1-4-7-10-13-16-19-22-25-27-28-29-30-32-35-38-41-44-47-50-53-60(65)66-56(51-48-45-42-39-36-34-31-26-23-20-17-14-11-8-5-2)54-59(64)61-57(55-62)58(63)52-49-46-43-40-37-33-24-21-18-15-12-9-6-3/h7,10,16-17,19-20,25-27,29-31,35-36,38-39,44-45,47-48,56-58,62-63H,4-6,8-9,11-15,18,21-24,28,32-34,37,40-43,46,49-55H2,1-3H3,(H,61,64)/b10-7-,19-16-,20-17-,27-25-,30-29-,31-26-,38-35-,39-36-,47-44-,48-45-. The number of amides is 1. The van der Waals surface area contributed by atoms with Crippen LogP contribution < -0.4 is 5.32 Å². The van der Waals surface area contributed by atoms with Crippen molar-refractivity contribution in [1.29, 1.82) is 0 Å². The monoisotopic (exact) mass is 914 g/mol. The van der Waals surface area contributed by atoms with Crippen LogP contribution in [0.4, 0.5) is 0 Å². The van der Waals surface area contributed by atoms with Gasteiger partial charge in [0.15, 0.2) is 0 Å². The summed E-state index contributed by atoms with van der Waals surface area (Å²) < 4.78 is 5.83. The molecule has 6 heteroatoms. The van der Waals surface area contributed by atoms with Gasteiger partial charge in [0.1, 0.15) is 6.10 Å². The Balaban J connectivity index is 4.84. The van der Waals surface area contributed by atoms with Gasteiger partial charge in [0, 0.05) is 12.8 Å². The van der Waals surface area contributed by atoms with E-state index in [0.717, 1.165) is 83.5 Å². The molecular weight excluding hydrogens is 815 g/mol. The van der Waals surface area contributed by atoms with E-state index in [4.69, 9.17) is 4.74 Å². The van der Waals surface area contributed by atoms with Gasteiger partial charge in [0.2, 0.25) is 5.91 Å². The van der Waals surface area contributed by atoms with Crippen molar-refractivity contribution < 1.29 is 24.5 Å². The number of carbonyl (C=O) groups excluding carboxylic acids is 2. The number of esters is 1. The fourth-order valence-electron chi connectivity index (χ4n) is 7.26. The van der Waals surface area contributed by atoms with Crippen LogP contribution >= 0.6 is 0 Å². The Labute approximate surface area is 406 Å². The highest BCUT2D eigenvalue weighted by atomic mass is 16.5. The summed E-state index contributed by atoms with van der Waals surface area (Å²) in [5, 5.41) is 23.7. The van der Waals surface area contributed by atoms with E-state index in [1.165, 1.54) is 83.5 Å². The normalized spacial score (nSPS) is 14.2. The summed E-state index contributed by atoms with van der Waals surface area (Å²) in [5.41, 5.74) is 0. The molecule has 6 nitrogen and oxygen atoms in total. The molecule has 3 unspecified atom stereocenters. The summed E-state index contributed by atoms with van der Waals surface area (Å²) in [5.74, 6) is -0.687. The van der Waals surface area contributed by atoms with E-state index in [1.807, 2.05) is 18.2 Å². The third-order valence-corrected chi connectivity index (χ3v) is 11.3. The number of ether oxygens (including phenoxy) is 1. The molecule has 0 bridgehead atoms. The predicted octanol–water partition coefficient (Wildman–Crippen LogP) is 16.5. The fraction of sp³-hybridized carbons (Fsp3) is 0.633. The van der Waals surface area contributed by atoms with Gasteiger partial charge >= 0.3 is 5.97 Å². The lowest BCUT2D eigenvalue weighted by atomic mass is 10.0. The summed E-state index contributed by atoms with van der Waals surface area (Å²) in [6.07, 6.45) is 72.8. The maximum Gasteiger partial charge on any atom is 0.306 e. The highest BCUT2D eigenvalue weighted by Crippen LogP contribution is 2.15. The average Bonchev–Trinajstić information content (AvgIpc) is 3.31. The number of hydrogen-bond donors (Lipinski definition) is 3. The summed E-state index contributed by atoms with van der Waals surface area (Å²) in [6, 6.07) is -0.754. The van der Waals surface area contributed by atoms with Crippen molar-refractivity contribution in [1.82, 2.24) is 5.32 Å². The minimum Gasteiger partial charge on any atom is -0.461 e. The minimum atomic E-state index is -0.831. The molecule has 0 heterocycles. The second kappa shape index (κ2) is 52.2. The maximum absolute atomic E-state index is 13.2. The largest absolute Gasteiger partial charge is 0.461 e. The van der Waals surface area contributed by atoms with Gasteiger partial charge in [-0.3, -0.25) is 9.59 Å². The Morgan fingerprint density at radius 2 is 0.848 bits per heavy atom. The van der Waals surface area contributed by atoms with E-state index in [-0.39, 0.29) is 31.3 Å². The van der Waals surface area contributed by atoms with Crippen molar-refractivity contribution >= 4 is 11.9 Å². The van der Waals surface area contributed by atoms with Crippen molar-refractivity contribution in [3.8, 4) is 0 Å². The van der Waals surface area contributed by atoms with Crippen molar-refractivity contribution in [3.63, 3.8) is 0 Å². The van der Waals surface area contributed by atoms with Crippen LogP contribution in [0.15, 0.2) is 122 Å². The van der Waals surface area contributed by atoms with Gasteiger partial charge in [0.25, 0.3) is 0 Å². The fourth-order valence-corrected chi connectivity index (χ4v) is 7.26. The van der Waals surface area contributed by atoms with Crippen LogP contribution in [0, 0.1) is 0 Å². The van der Waals surface area contributed by atoms with E-state index in [0.29, 0.717) is 19.3 Å². The van der Waals surface area contributed by atoms with Gasteiger partial charge in [-0.2, -0.15) is 0 Å². The van der Waals surface area contributed by atoms with Crippen molar-refractivity contribution in [2.45, 2.75) is 238 Å². The molecule has 1 amide bonds. The van der Waals surface area contributed by atoms with Crippen molar-refractivity contribution in [2.75, 3.05) is 6.61 Å². The molecule has 0 aromatic heterocycles. The van der Waals surface area contributed by atoms with E-state index in [1.54, 1.807) is 0 Å². The Morgan fingerprint density at radius 3 is 1.29 bits per heavy atom. The Bertz CT molecular complexity index is 1390. The zero-order valence-corrected chi connectivity index (χ0v) is 42.5. The second-order valence-corrected chi connectivity index (χ2v) is 17.5. The quantitative estimate of drug-likeness (QED) is 0.0321.